The average molecular weight is 402 g/mol. The summed E-state index contributed by atoms with van der Waals surface area (Å²) >= 11 is 6.54. The Labute approximate surface area is 173 Å². The first kappa shape index (κ1) is 18.7. The zero-order chi connectivity index (χ0) is 19.1. The lowest BCUT2D eigenvalue weighted by Gasteiger charge is -2.56. The summed E-state index contributed by atoms with van der Waals surface area (Å²) in [6.45, 7) is 4.89. The van der Waals surface area contributed by atoms with Crippen molar-refractivity contribution in [3.63, 3.8) is 0 Å². The number of hydrogen-bond donors (Lipinski definition) is 2. The van der Waals surface area contributed by atoms with Crippen LogP contribution in [0, 0.1) is 23.2 Å². The third-order valence-corrected chi connectivity index (χ3v) is 8.00. The van der Waals surface area contributed by atoms with E-state index >= 15 is 0 Å². The van der Waals surface area contributed by atoms with Gasteiger partial charge in [0, 0.05) is 31.9 Å². The van der Waals surface area contributed by atoms with Crippen molar-refractivity contribution in [2.24, 2.45) is 23.2 Å². The van der Waals surface area contributed by atoms with Gasteiger partial charge in [-0.1, -0.05) is 11.6 Å². The molecule has 1 aromatic rings. The second-order valence-corrected chi connectivity index (χ2v) is 10.3. The van der Waals surface area contributed by atoms with Crippen molar-refractivity contribution in [3.05, 3.63) is 28.8 Å². The summed E-state index contributed by atoms with van der Waals surface area (Å²) in [7, 11) is 0. The van der Waals surface area contributed by atoms with Crippen LogP contribution in [0.25, 0.3) is 0 Å². The average Bonchev–Trinajstić information content (AvgIpc) is 2.94. The third kappa shape index (κ3) is 3.66. The summed E-state index contributed by atoms with van der Waals surface area (Å²) in [6, 6.07) is 5.92. The first-order valence-corrected chi connectivity index (χ1v) is 11.5. The van der Waals surface area contributed by atoms with E-state index in [1.165, 1.54) is 38.5 Å². The Bertz CT molecular complexity index is 706. The number of anilines is 1. The molecule has 5 fully saturated rings. The van der Waals surface area contributed by atoms with Gasteiger partial charge in [0.1, 0.15) is 0 Å². The van der Waals surface area contributed by atoms with Gasteiger partial charge in [-0.05, 0) is 92.9 Å². The van der Waals surface area contributed by atoms with Crippen molar-refractivity contribution in [1.82, 2.24) is 10.6 Å². The van der Waals surface area contributed by atoms with Gasteiger partial charge in [0.15, 0.2) is 0 Å². The molecule has 1 amide bonds. The van der Waals surface area contributed by atoms with Gasteiger partial charge in [-0.15, -0.1) is 0 Å². The Morgan fingerprint density at radius 3 is 2.50 bits per heavy atom. The normalized spacial score (nSPS) is 34.3. The molecule has 0 aromatic heterocycles. The minimum atomic E-state index is -0.00942. The van der Waals surface area contributed by atoms with E-state index in [4.69, 9.17) is 11.6 Å². The van der Waals surface area contributed by atoms with Gasteiger partial charge in [-0.2, -0.15) is 0 Å². The predicted octanol–water partition coefficient (Wildman–Crippen LogP) is 4.09. The molecule has 1 heterocycles. The van der Waals surface area contributed by atoms with E-state index in [0.717, 1.165) is 62.6 Å². The Hall–Kier alpha value is -1.26. The van der Waals surface area contributed by atoms with Gasteiger partial charge in [0.2, 0.25) is 0 Å². The third-order valence-electron chi connectivity index (χ3n) is 7.69. The van der Waals surface area contributed by atoms with Gasteiger partial charge in [-0.25, -0.2) is 0 Å². The van der Waals surface area contributed by atoms with Crippen molar-refractivity contribution in [2.45, 2.75) is 44.9 Å². The number of carbonyl (C=O) groups excluding carboxylic acids is 1. The van der Waals surface area contributed by atoms with Crippen molar-refractivity contribution >= 4 is 23.2 Å². The minimum Gasteiger partial charge on any atom is -0.370 e. The first-order chi connectivity index (χ1) is 13.6. The molecule has 4 aliphatic carbocycles. The molecule has 5 heteroatoms. The van der Waals surface area contributed by atoms with Gasteiger partial charge in [0.25, 0.3) is 5.91 Å². The molecule has 6 rings (SSSR count). The second-order valence-electron chi connectivity index (χ2n) is 9.85. The fraction of sp³-hybridized carbons (Fsp3) is 0.696. The summed E-state index contributed by atoms with van der Waals surface area (Å²) in [6.07, 6.45) is 9.38. The highest BCUT2D eigenvalue weighted by molar-refractivity contribution is 6.34. The number of nitrogens with zero attached hydrogens (tertiary/aromatic N) is 1. The fourth-order valence-electron chi connectivity index (χ4n) is 6.86. The Kier molecular flexibility index (Phi) is 5.04. The molecule has 4 bridgehead atoms. The van der Waals surface area contributed by atoms with Gasteiger partial charge < -0.3 is 15.5 Å². The number of hydrogen-bond acceptors (Lipinski definition) is 3. The molecule has 5 aliphatic rings. The lowest BCUT2D eigenvalue weighted by atomic mass is 9.49. The highest BCUT2D eigenvalue weighted by Crippen LogP contribution is 2.59. The molecule has 4 nitrogen and oxygen atoms in total. The number of halogens is 1. The molecule has 0 spiro atoms. The Morgan fingerprint density at radius 1 is 1.11 bits per heavy atom. The molecule has 0 unspecified atom stereocenters. The molecular formula is C23H32ClN3O. The lowest BCUT2D eigenvalue weighted by molar-refractivity contribution is -0.0503. The summed E-state index contributed by atoms with van der Waals surface area (Å²) in [5.74, 6) is 2.72. The quantitative estimate of drug-likeness (QED) is 0.798. The van der Waals surface area contributed by atoms with E-state index in [-0.39, 0.29) is 5.91 Å². The van der Waals surface area contributed by atoms with Crippen LogP contribution in [-0.2, 0) is 0 Å². The van der Waals surface area contributed by atoms with Crippen LogP contribution in [0.2, 0.25) is 5.02 Å². The molecule has 1 aromatic carbocycles. The molecule has 2 N–H and O–H groups in total. The van der Waals surface area contributed by atoms with Crippen LogP contribution in [0.5, 0.6) is 0 Å². The SMILES string of the molecule is O=C(NCC12CC3CC(CC(C3)C1)C2)c1ccc(N2CCCNCC2)cc1Cl. The highest BCUT2D eigenvalue weighted by Gasteiger charge is 2.50. The smallest absolute Gasteiger partial charge is 0.252 e. The number of nitrogens with one attached hydrogen (secondary N) is 2. The predicted molar refractivity (Wildman–Crippen MR) is 114 cm³/mol. The van der Waals surface area contributed by atoms with Crippen LogP contribution in [-0.4, -0.2) is 38.6 Å². The molecule has 1 saturated heterocycles. The van der Waals surface area contributed by atoms with Crippen molar-refractivity contribution in [2.75, 3.05) is 37.6 Å². The van der Waals surface area contributed by atoms with E-state index in [1.807, 2.05) is 12.1 Å². The maximum Gasteiger partial charge on any atom is 0.252 e. The zero-order valence-electron chi connectivity index (χ0n) is 16.7. The standard InChI is InChI=1S/C23H32ClN3O/c24-21-11-19(27-6-1-4-25-5-7-27)2-3-20(21)22(28)26-15-23-12-16-8-17(13-23)10-18(9-16)14-23/h2-3,11,16-18,25H,1,4-10,12-15H2,(H,26,28). The van der Waals surface area contributed by atoms with Crippen LogP contribution in [0.4, 0.5) is 5.69 Å². The zero-order valence-corrected chi connectivity index (χ0v) is 17.4. The van der Waals surface area contributed by atoms with Crippen molar-refractivity contribution < 1.29 is 4.79 Å². The van der Waals surface area contributed by atoms with Crippen LogP contribution in [0.3, 0.4) is 0 Å². The topological polar surface area (TPSA) is 44.4 Å². The molecule has 1 aliphatic heterocycles. The fourth-order valence-corrected chi connectivity index (χ4v) is 7.12. The van der Waals surface area contributed by atoms with Gasteiger partial charge in [-0.3, -0.25) is 4.79 Å². The second kappa shape index (κ2) is 7.53. The molecule has 0 radical (unpaired) electrons. The van der Waals surface area contributed by atoms with E-state index in [2.05, 4.69) is 21.6 Å². The van der Waals surface area contributed by atoms with E-state index in [9.17, 15) is 4.79 Å². The monoisotopic (exact) mass is 401 g/mol. The van der Waals surface area contributed by atoms with Crippen LogP contribution >= 0.6 is 11.6 Å². The van der Waals surface area contributed by atoms with Crippen LogP contribution in [0.15, 0.2) is 18.2 Å². The van der Waals surface area contributed by atoms with Gasteiger partial charge in [0.05, 0.1) is 10.6 Å². The number of benzene rings is 1. The van der Waals surface area contributed by atoms with E-state index in [1.54, 1.807) is 0 Å². The Balaban J connectivity index is 1.24. The maximum atomic E-state index is 12.9. The Morgan fingerprint density at radius 2 is 1.82 bits per heavy atom. The van der Waals surface area contributed by atoms with Crippen LogP contribution < -0.4 is 15.5 Å². The van der Waals surface area contributed by atoms with Crippen molar-refractivity contribution in [3.8, 4) is 0 Å². The first-order valence-electron chi connectivity index (χ1n) is 11.1. The highest BCUT2D eigenvalue weighted by atomic mass is 35.5. The van der Waals surface area contributed by atoms with E-state index in [0.29, 0.717) is 16.0 Å². The van der Waals surface area contributed by atoms with Crippen molar-refractivity contribution in [1.29, 1.82) is 0 Å². The minimum absolute atomic E-state index is 0.00942. The van der Waals surface area contributed by atoms with Gasteiger partial charge >= 0.3 is 0 Å². The summed E-state index contributed by atoms with van der Waals surface area (Å²) < 4.78 is 0. The molecular weight excluding hydrogens is 370 g/mol. The summed E-state index contributed by atoms with van der Waals surface area (Å²) in [5, 5.41) is 7.25. The molecule has 152 valence electrons. The van der Waals surface area contributed by atoms with E-state index < -0.39 is 0 Å². The molecule has 0 atom stereocenters. The molecule has 28 heavy (non-hydrogen) atoms. The number of amides is 1. The molecule has 4 saturated carbocycles. The summed E-state index contributed by atoms with van der Waals surface area (Å²) in [4.78, 5) is 15.2. The van der Waals surface area contributed by atoms with Crippen LogP contribution in [0.1, 0.15) is 55.3 Å². The number of carbonyl (C=O) groups is 1. The summed E-state index contributed by atoms with van der Waals surface area (Å²) in [5.41, 5.74) is 2.09. The maximum absolute atomic E-state index is 12.9. The lowest BCUT2D eigenvalue weighted by Crippen LogP contribution is -2.51. The number of rotatable bonds is 4. The largest absolute Gasteiger partial charge is 0.370 e.